The maximum atomic E-state index is 14.2. The Bertz CT molecular complexity index is 808. The summed E-state index contributed by atoms with van der Waals surface area (Å²) in [6.45, 7) is 5.31. The van der Waals surface area contributed by atoms with Gasteiger partial charge in [-0.15, -0.1) is 12.0 Å². The first-order chi connectivity index (χ1) is 15.4. The van der Waals surface area contributed by atoms with E-state index in [0.29, 0.717) is 0 Å². The molecule has 0 aliphatic carbocycles. The van der Waals surface area contributed by atoms with Crippen LogP contribution >= 0.6 is 0 Å². The average molecular weight is 586 g/mol. The van der Waals surface area contributed by atoms with Gasteiger partial charge in [0.05, 0.1) is 0 Å². The molecule has 36 heavy (non-hydrogen) atoms. The molecular weight excluding hydrogens is 567 g/mol. The molecule has 0 bridgehead atoms. The van der Waals surface area contributed by atoms with Crippen LogP contribution in [0.3, 0.4) is 0 Å². The molecule has 0 unspecified atom stereocenters. The lowest BCUT2D eigenvalue weighted by Gasteiger charge is -2.43. The zero-order valence-corrected chi connectivity index (χ0v) is 19.6. The zero-order valence-electron chi connectivity index (χ0n) is 18.6. The number of terminal acetylenes is 1. The van der Waals surface area contributed by atoms with E-state index in [-0.39, 0.29) is 0 Å². The molecule has 0 atom stereocenters. The molecule has 0 heterocycles. The van der Waals surface area contributed by atoms with E-state index in [1.807, 2.05) is 0 Å². The van der Waals surface area contributed by atoms with Crippen molar-refractivity contribution >= 4 is 8.07 Å². The predicted octanol–water partition coefficient (Wildman–Crippen LogP) is 8.83. The number of hydrogen-bond donors (Lipinski definition) is 0. The van der Waals surface area contributed by atoms with Crippen LogP contribution in [0.25, 0.3) is 0 Å². The van der Waals surface area contributed by atoms with Crippen LogP contribution in [-0.2, 0) is 0 Å². The van der Waals surface area contributed by atoms with Crippen molar-refractivity contribution < 1.29 is 74.6 Å². The maximum absolute atomic E-state index is 14.2. The van der Waals surface area contributed by atoms with Gasteiger partial charge in [0.15, 0.2) is 0 Å². The molecule has 0 amide bonds. The Labute approximate surface area is 194 Å². The van der Waals surface area contributed by atoms with Crippen molar-refractivity contribution in [1.29, 1.82) is 0 Å². The second-order valence-corrected chi connectivity index (χ2v) is 13.8. The molecule has 0 spiro atoms. The van der Waals surface area contributed by atoms with Gasteiger partial charge in [0.2, 0.25) is 0 Å². The Kier molecular flexibility index (Phi) is 9.03. The largest absolute Gasteiger partial charge is 0.460 e. The molecule has 0 aliphatic heterocycles. The van der Waals surface area contributed by atoms with Gasteiger partial charge in [-0.25, -0.2) is 0 Å². The lowest BCUT2D eigenvalue weighted by Crippen LogP contribution is -2.74. The second-order valence-electron chi connectivity index (χ2n) is 8.64. The summed E-state index contributed by atoms with van der Waals surface area (Å²) < 4.78 is 227. The first-order valence-corrected chi connectivity index (χ1v) is 12.0. The summed E-state index contributed by atoms with van der Waals surface area (Å²) in [7, 11) is -3.54. The number of halogens is 17. The predicted molar refractivity (Wildman–Crippen MR) is 94.9 cm³/mol. The quantitative estimate of drug-likeness (QED) is 0.129. The van der Waals surface area contributed by atoms with Crippen molar-refractivity contribution in [2.45, 2.75) is 98.9 Å². The molecule has 0 nitrogen and oxygen atoms in total. The summed E-state index contributed by atoms with van der Waals surface area (Å²) in [5.41, 5.74) is 0.684. The van der Waals surface area contributed by atoms with Gasteiger partial charge in [-0.05, 0) is 17.1 Å². The maximum Gasteiger partial charge on any atom is 0.460 e. The Morgan fingerprint density at radius 1 is 0.528 bits per heavy atom. The minimum Gasteiger partial charge on any atom is -0.200 e. The van der Waals surface area contributed by atoms with Crippen molar-refractivity contribution in [2.24, 2.45) is 0 Å². The van der Waals surface area contributed by atoms with Gasteiger partial charge >= 0.3 is 47.6 Å². The van der Waals surface area contributed by atoms with Crippen LogP contribution in [0.15, 0.2) is 0 Å². The monoisotopic (exact) mass is 586 g/mol. The fourth-order valence-electron chi connectivity index (χ4n) is 3.37. The number of rotatable bonds is 11. The van der Waals surface area contributed by atoms with Gasteiger partial charge in [0.1, 0.15) is 8.07 Å². The van der Waals surface area contributed by atoms with Gasteiger partial charge in [-0.3, -0.25) is 0 Å². The third-order valence-electron chi connectivity index (χ3n) is 5.97. The standard InChI is InChI=1S/C18H19F17Si/c1-6-36(9(2)3,10(4)5)8-7-11(19,20)12(21,22)13(23,24)14(25,26)15(27,28)16(29,30)17(31,32)18(33,34)35/h1,9-10H,7-8H2,2-5H3. The highest BCUT2D eigenvalue weighted by atomic mass is 28.3. The van der Waals surface area contributed by atoms with Crippen molar-refractivity contribution in [3.05, 3.63) is 0 Å². The zero-order chi connectivity index (χ0) is 29.8. The molecule has 214 valence electrons. The van der Waals surface area contributed by atoms with E-state index < -0.39 is 79.3 Å². The molecule has 0 saturated carbocycles. The smallest absolute Gasteiger partial charge is 0.200 e. The molecule has 0 aliphatic rings. The number of alkyl halides is 17. The lowest BCUT2D eigenvalue weighted by molar-refractivity contribution is -0.461. The second kappa shape index (κ2) is 9.40. The molecule has 0 aromatic carbocycles. The summed E-state index contributed by atoms with van der Waals surface area (Å²) in [6, 6.07) is -1.19. The molecule has 0 rings (SSSR count). The Balaban J connectivity index is 6.68. The van der Waals surface area contributed by atoms with E-state index >= 15 is 0 Å². The van der Waals surface area contributed by atoms with Crippen molar-refractivity contribution in [2.75, 3.05) is 0 Å². The molecule has 0 aromatic rings. The van der Waals surface area contributed by atoms with E-state index in [0.717, 1.165) is 0 Å². The number of hydrogen-bond acceptors (Lipinski definition) is 0. The van der Waals surface area contributed by atoms with Crippen LogP contribution in [-0.4, -0.2) is 55.7 Å². The molecule has 0 radical (unpaired) electrons. The highest BCUT2D eigenvalue weighted by Gasteiger charge is 2.95. The van der Waals surface area contributed by atoms with Crippen molar-refractivity contribution in [1.82, 2.24) is 0 Å². The van der Waals surface area contributed by atoms with Gasteiger partial charge in [0.25, 0.3) is 0 Å². The van der Waals surface area contributed by atoms with Crippen LogP contribution in [0.2, 0.25) is 17.1 Å². The van der Waals surface area contributed by atoms with E-state index in [1.54, 1.807) is 0 Å². The highest BCUT2D eigenvalue weighted by molar-refractivity contribution is 6.89. The normalized spacial score (nSPS) is 16.1. The summed E-state index contributed by atoms with van der Waals surface area (Å²) in [4.78, 5) is 0. The van der Waals surface area contributed by atoms with Crippen molar-refractivity contribution in [3.8, 4) is 12.0 Å². The third kappa shape index (κ3) is 4.65. The van der Waals surface area contributed by atoms with Gasteiger partial charge in [0, 0.05) is 6.42 Å². The van der Waals surface area contributed by atoms with E-state index in [9.17, 15) is 74.6 Å². The summed E-state index contributed by atoms with van der Waals surface area (Å²) in [5, 5.41) is 0. The van der Waals surface area contributed by atoms with E-state index in [4.69, 9.17) is 6.42 Å². The average Bonchev–Trinajstić information content (AvgIpc) is 2.66. The molecule has 0 aromatic heterocycles. The van der Waals surface area contributed by atoms with Crippen LogP contribution in [0.1, 0.15) is 34.1 Å². The lowest BCUT2D eigenvalue weighted by atomic mass is 9.88. The van der Waals surface area contributed by atoms with Crippen LogP contribution in [0.4, 0.5) is 74.6 Å². The fraction of sp³-hybridized carbons (Fsp3) is 0.889. The first kappa shape index (κ1) is 34.6. The van der Waals surface area contributed by atoms with E-state index in [1.165, 1.54) is 27.7 Å². The van der Waals surface area contributed by atoms with Crippen LogP contribution in [0.5, 0.6) is 0 Å². The van der Waals surface area contributed by atoms with E-state index in [2.05, 4.69) is 5.54 Å². The molecule has 0 fully saturated rings. The minimum atomic E-state index is -8.62. The Morgan fingerprint density at radius 2 is 0.806 bits per heavy atom. The third-order valence-corrected chi connectivity index (χ3v) is 11.7. The van der Waals surface area contributed by atoms with Gasteiger partial charge < -0.3 is 0 Å². The molecular formula is C18H19F17Si. The Hall–Kier alpha value is -1.41. The SMILES string of the molecule is C#C[Si](CCC(F)(F)C(F)(F)C(F)(F)C(F)(F)C(F)(F)C(F)(F)C(F)(F)C(F)(F)F)(C(C)C)C(C)C. The Morgan fingerprint density at radius 3 is 1.06 bits per heavy atom. The minimum absolute atomic E-state index is 0.707. The van der Waals surface area contributed by atoms with Crippen molar-refractivity contribution in [3.63, 3.8) is 0 Å². The summed E-state index contributed by atoms with van der Waals surface area (Å²) in [5.74, 6) is -56.1. The molecule has 0 N–H and O–H groups in total. The first-order valence-electron chi connectivity index (χ1n) is 9.60. The van der Waals surface area contributed by atoms with Gasteiger partial charge in [-0.1, -0.05) is 27.7 Å². The summed E-state index contributed by atoms with van der Waals surface area (Å²) >= 11 is 0. The molecule has 18 heteroatoms. The molecule has 0 saturated heterocycles. The fourth-order valence-corrected chi connectivity index (χ4v) is 7.39. The highest BCUT2D eigenvalue weighted by Crippen LogP contribution is 2.64. The summed E-state index contributed by atoms with van der Waals surface area (Å²) in [6.07, 6.45) is -4.98. The van der Waals surface area contributed by atoms with Crippen LogP contribution in [0, 0.1) is 12.0 Å². The van der Waals surface area contributed by atoms with Gasteiger partial charge in [-0.2, -0.15) is 74.6 Å². The topological polar surface area (TPSA) is 0 Å². The van der Waals surface area contributed by atoms with Crippen LogP contribution < -0.4 is 0 Å².